The van der Waals surface area contributed by atoms with E-state index in [1.165, 1.54) is 0 Å². The molecule has 1 amide bonds. The van der Waals surface area contributed by atoms with Crippen molar-refractivity contribution in [2.24, 2.45) is 0 Å². The van der Waals surface area contributed by atoms with Gasteiger partial charge in [-0.2, -0.15) is 13.7 Å². The van der Waals surface area contributed by atoms with Gasteiger partial charge in [-0.1, -0.05) is 41.4 Å². The van der Waals surface area contributed by atoms with E-state index >= 15 is 0 Å². The lowest BCUT2D eigenvalue weighted by Gasteiger charge is -2.28. The monoisotopic (exact) mass is 569 g/mol. The van der Waals surface area contributed by atoms with Crippen LogP contribution >= 0.6 is 23.2 Å². The smallest absolute Gasteiger partial charge is 0.335 e. The van der Waals surface area contributed by atoms with Gasteiger partial charge in [0.25, 0.3) is 5.91 Å². The average Bonchev–Trinajstić information content (AvgIpc) is 3.33. The van der Waals surface area contributed by atoms with Gasteiger partial charge >= 0.3 is 11.6 Å². The molecule has 1 N–H and O–H groups in total. The Morgan fingerprint density at radius 3 is 2.37 bits per heavy atom. The molecule has 0 saturated carbocycles. The Bertz CT molecular complexity index is 1560. The second-order valence-electron chi connectivity index (χ2n) is 8.32. The molecule has 0 radical (unpaired) electrons. The number of aliphatic hydroxyl groups excluding tert-OH is 1. The van der Waals surface area contributed by atoms with E-state index in [1.807, 2.05) is 47.0 Å². The summed E-state index contributed by atoms with van der Waals surface area (Å²) in [6, 6.07) is 22.1. The van der Waals surface area contributed by atoms with Crippen molar-refractivity contribution in [2.45, 2.75) is 6.10 Å². The zero-order valence-corrected chi connectivity index (χ0v) is 22.2. The molecule has 3 aromatic carbocycles. The number of hydrogen-bond acceptors (Lipinski definition) is 6. The Kier molecular flexibility index (Phi) is 8.94. The lowest BCUT2D eigenvalue weighted by atomic mass is 10.0. The molecule has 1 aromatic heterocycles. The highest BCUT2D eigenvalue weighted by Gasteiger charge is 2.28. The lowest BCUT2D eigenvalue weighted by molar-refractivity contribution is 0.0303. The first-order chi connectivity index (χ1) is 18.4. The Balaban J connectivity index is 0.00000107. The lowest BCUT2D eigenvalue weighted by Crippen LogP contribution is -2.40. The van der Waals surface area contributed by atoms with Gasteiger partial charge in [-0.25, -0.2) is 0 Å². The van der Waals surface area contributed by atoms with Crippen molar-refractivity contribution in [3.05, 3.63) is 99.2 Å². The van der Waals surface area contributed by atoms with E-state index in [1.54, 1.807) is 29.2 Å². The van der Waals surface area contributed by atoms with Gasteiger partial charge in [0, 0.05) is 34.7 Å². The van der Waals surface area contributed by atoms with Crippen molar-refractivity contribution >= 4 is 51.6 Å². The molecule has 8 nitrogen and oxygen atoms in total. The number of morpholine rings is 1. The third-order valence-corrected chi connectivity index (χ3v) is 6.92. The van der Waals surface area contributed by atoms with Crippen molar-refractivity contribution in [1.29, 1.82) is 5.26 Å². The highest BCUT2D eigenvalue weighted by molar-refractivity contribution is 7.51. The zero-order valence-electron chi connectivity index (χ0n) is 19.8. The standard InChI is InChI=1S/C27H21Cl2N3O3.O2S/c28-21-8-7-20(27(34)31-10-12-35-13-11-31)25(29)24(21)26(33)23-15-18-14-17(16-30)6-9-22(18)32(23)19-4-2-1-3-5-19;1-3-2/h1-9,14-15,26,33H,10-13H2;. The number of nitrogens with zero attached hydrogens (tertiary/aromatic N) is 3. The van der Waals surface area contributed by atoms with Crippen LogP contribution in [0.15, 0.2) is 66.7 Å². The van der Waals surface area contributed by atoms with E-state index in [9.17, 15) is 15.2 Å². The van der Waals surface area contributed by atoms with Crippen LogP contribution in [0, 0.1) is 11.3 Å². The minimum Gasteiger partial charge on any atom is -0.382 e. The van der Waals surface area contributed by atoms with Crippen LogP contribution in [-0.2, 0) is 16.3 Å². The number of amides is 1. The fourth-order valence-electron chi connectivity index (χ4n) is 4.44. The van der Waals surface area contributed by atoms with Crippen molar-refractivity contribution in [2.75, 3.05) is 26.3 Å². The SMILES string of the molecule is N#Cc1ccc2c(c1)cc(C(O)c1c(Cl)ccc(C(=O)N3CCOCC3)c1Cl)n2-c1ccccc1.O=S=O. The minimum absolute atomic E-state index is 0.115. The summed E-state index contributed by atoms with van der Waals surface area (Å²) in [5.41, 5.74) is 3.21. The fourth-order valence-corrected chi connectivity index (χ4v) is 5.10. The second kappa shape index (κ2) is 12.3. The topological polar surface area (TPSA) is 113 Å². The summed E-state index contributed by atoms with van der Waals surface area (Å²) in [5.74, 6) is -0.231. The number of carbonyl (C=O) groups is 1. The number of aromatic nitrogens is 1. The number of fused-ring (bicyclic) bond motifs is 1. The van der Waals surface area contributed by atoms with E-state index in [-0.39, 0.29) is 27.1 Å². The van der Waals surface area contributed by atoms with Gasteiger partial charge in [0.05, 0.1) is 46.6 Å². The quantitative estimate of drug-likeness (QED) is 0.381. The average molecular weight is 570 g/mol. The van der Waals surface area contributed by atoms with Crippen molar-refractivity contribution < 1.29 is 23.1 Å². The molecule has 1 fully saturated rings. The van der Waals surface area contributed by atoms with Crippen LogP contribution in [0.1, 0.15) is 33.3 Å². The normalized spacial score (nSPS) is 13.8. The van der Waals surface area contributed by atoms with Gasteiger partial charge in [-0.15, -0.1) is 0 Å². The molecule has 11 heteroatoms. The summed E-state index contributed by atoms with van der Waals surface area (Å²) in [6.07, 6.45) is -1.23. The summed E-state index contributed by atoms with van der Waals surface area (Å²) in [4.78, 5) is 14.8. The van der Waals surface area contributed by atoms with Gasteiger partial charge in [0.15, 0.2) is 0 Å². The highest BCUT2D eigenvalue weighted by atomic mass is 35.5. The molecular formula is C27H21Cl2N3O5S. The second-order valence-corrected chi connectivity index (χ2v) is 9.24. The number of nitriles is 1. The maximum absolute atomic E-state index is 13.2. The van der Waals surface area contributed by atoms with Gasteiger partial charge in [0.1, 0.15) is 6.10 Å². The molecule has 0 bridgehead atoms. The first kappa shape index (κ1) is 27.5. The summed E-state index contributed by atoms with van der Waals surface area (Å²) >= 11 is 12.5. The van der Waals surface area contributed by atoms with E-state index in [0.717, 1.165) is 16.6 Å². The molecule has 1 saturated heterocycles. The van der Waals surface area contributed by atoms with Crippen LogP contribution in [-0.4, -0.2) is 55.2 Å². The van der Waals surface area contributed by atoms with Crippen LogP contribution < -0.4 is 0 Å². The van der Waals surface area contributed by atoms with Crippen LogP contribution in [0.2, 0.25) is 10.0 Å². The number of aliphatic hydroxyl groups is 1. The van der Waals surface area contributed by atoms with E-state index in [2.05, 4.69) is 6.07 Å². The van der Waals surface area contributed by atoms with Crippen molar-refractivity contribution in [3.8, 4) is 11.8 Å². The number of halogens is 2. The van der Waals surface area contributed by atoms with E-state index in [0.29, 0.717) is 37.6 Å². The van der Waals surface area contributed by atoms with Crippen LogP contribution in [0.25, 0.3) is 16.6 Å². The number of para-hydroxylation sites is 1. The molecule has 1 aliphatic rings. The number of carbonyl (C=O) groups excluding carboxylic acids is 1. The molecule has 38 heavy (non-hydrogen) atoms. The molecule has 194 valence electrons. The molecule has 0 spiro atoms. The van der Waals surface area contributed by atoms with Crippen LogP contribution in [0.5, 0.6) is 0 Å². The number of ether oxygens (including phenoxy) is 1. The molecule has 1 unspecified atom stereocenters. The Morgan fingerprint density at radius 1 is 1.03 bits per heavy atom. The summed E-state index contributed by atoms with van der Waals surface area (Å²) in [6.45, 7) is 1.88. The molecule has 1 atom stereocenters. The highest BCUT2D eigenvalue weighted by Crippen LogP contribution is 2.39. The molecule has 0 aliphatic carbocycles. The maximum Gasteiger partial charge on any atom is 0.335 e. The molecule has 1 aliphatic heterocycles. The fraction of sp³-hybridized carbons (Fsp3) is 0.185. The summed E-state index contributed by atoms with van der Waals surface area (Å²) in [5, 5.41) is 22.2. The first-order valence-corrected chi connectivity index (χ1v) is 12.9. The van der Waals surface area contributed by atoms with E-state index in [4.69, 9.17) is 36.4 Å². The zero-order chi connectivity index (χ0) is 27.2. The Labute approximate surface area is 232 Å². The first-order valence-electron chi connectivity index (χ1n) is 11.5. The van der Waals surface area contributed by atoms with Gasteiger partial charge in [0.2, 0.25) is 0 Å². The van der Waals surface area contributed by atoms with Crippen LogP contribution in [0.3, 0.4) is 0 Å². The summed E-state index contributed by atoms with van der Waals surface area (Å²) in [7, 11) is 0. The predicted molar refractivity (Wildman–Crippen MR) is 144 cm³/mol. The number of rotatable bonds is 4. The third kappa shape index (κ3) is 5.50. The largest absolute Gasteiger partial charge is 0.382 e. The number of benzene rings is 3. The summed E-state index contributed by atoms with van der Waals surface area (Å²) < 4.78 is 23.8. The minimum atomic E-state index is -1.23. The molecular weight excluding hydrogens is 549 g/mol. The van der Waals surface area contributed by atoms with Crippen LogP contribution in [0.4, 0.5) is 0 Å². The third-order valence-electron chi connectivity index (χ3n) is 6.18. The van der Waals surface area contributed by atoms with Gasteiger partial charge in [-0.05, 0) is 48.5 Å². The predicted octanol–water partition coefficient (Wildman–Crippen LogP) is 4.69. The Hall–Kier alpha value is -3.52. The molecule has 2 heterocycles. The molecule has 5 rings (SSSR count). The number of hydrogen-bond donors (Lipinski definition) is 1. The molecule has 4 aromatic rings. The van der Waals surface area contributed by atoms with Gasteiger partial charge < -0.3 is 19.3 Å². The maximum atomic E-state index is 13.2. The van der Waals surface area contributed by atoms with Crippen molar-refractivity contribution in [3.63, 3.8) is 0 Å². The van der Waals surface area contributed by atoms with Gasteiger partial charge in [-0.3, -0.25) is 4.79 Å². The van der Waals surface area contributed by atoms with E-state index < -0.39 is 17.7 Å². The van der Waals surface area contributed by atoms with Crippen molar-refractivity contribution in [1.82, 2.24) is 9.47 Å². The Morgan fingerprint density at radius 2 is 1.71 bits per heavy atom.